The number of hydrogen-bond acceptors (Lipinski definition) is 2. The van der Waals surface area contributed by atoms with E-state index in [-0.39, 0.29) is 17.3 Å². The summed E-state index contributed by atoms with van der Waals surface area (Å²) in [6.45, 7) is 8.15. The van der Waals surface area contributed by atoms with E-state index in [9.17, 15) is 9.90 Å². The summed E-state index contributed by atoms with van der Waals surface area (Å²) in [6, 6.07) is 0. The van der Waals surface area contributed by atoms with Gasteiger partial charge < -0.3 is 5.11 Å². The van der Waals surface area contributed by atoms with Gasteiger partial charge in [-0.15, -0.1) is 0 Å². The van der Waals surface area contributed by atoms with Gasteiger partial charge in [-0.3, -0.25) is 4.79 Å². The highest BCUT2D eigenvalue weighted by atomic mass is 16.3. The number of hydrogen-bond donors (Lipinski definition) is 1. The van der Waals surface area contributed by atoms with Gasteiger partial charge in [-0.25, -0.2) is 0 Å². The highest BCUT2D eigenvalue weighted by Crippen LogP contribution is 2.42. The highest BCUT2D eigenvalue weighted by molar-refractivity contribution is 5.91. The van der Waals surface area contributed by atoms with Gasteiger partial charge in [-0.2, -0.15) is 0 Å². The first-order valence-corrected chi connectivity index (χ1v) is 5.72. The molecule has 15 heavy (non-hydrogen) atoms. The molecule has 0 saturated carbocycles. The molecule has 2 heteroatoms. The molecule has 1 N–H and O–H groups in total. The molecule has 0 radical (unpaired) electrons. The minimum atomic E-state index is -0.244. The smallest absolute Gasteiger partial charge is 0.156 e. The maximum atomic E-state index is 11.4. The summed E-state index contributed by atoms with van der Waals surface area (Å²) in [5, 5.41) is 9.31. The molecule has 2 atom stereocenters. The first kappa shape index (κ1) is 12.4. The maximum absolute atomic E-state index is 11.4. The lowest BCUT2D eigenvalue weighted by Crippen LogP contribution is -2.32. The van der Waals surface area contributed by atoms with Crippen molar-refractivity contribution in [2.24, 2.45) is 11.3 Å². The second kappa shape index (κ2) is 4.48. The van der Waals surface area contributed by atoms with Crippen LogP contribution in [0.4, 0.5) is 0 Å². The van der Waals surface area contributed by atoms with E-state index in [1.807, 2.05) is 13.8 Å². The quantitative estimate of drug-likeness (QED) is 0.777. The van der Waals surface area contributed by atoms with Crippen LogP contribution in [0.1, 0.15) is 47.0 Å². The van der Waals surface area contributed by atoms with Crippen LogP contribution in [0.2, 0.25) is 0 Å². The Labute approximate surface area is 92.4 Å². The van der Waals surface area contributed by atoms with Crippen molar-refractivity contribution in [3.05, 3.63) is 11.6 Å². The van der Waals surface area contributed by atoms with Crippen molar-refractivity contribution in [3.8, 4) is 0 Å². The maximum Gasteiger partial charge on any atom is 0.156 e. The van der Waals surface area contributed by atoms with E-state index in [0.29, 0.717) is 12.3 Å². The summed E-state index contributed by atoms with van der Waals surface area (Å²) in [7, 11) is 0. The fourth-order valence-electron chi connectivity index (χ4n) is 2.62. The van der Waals surface area contributed by atoms with Crippen LogP contribution in [-0.4, -0.2) is 17.0 Å². The van der Waals surface area contributed by atoms with Gasteiger partial charge in [0.25, 0.3) is 0 Å². The molecule has 0 heterocycles. The third kappa shape index (κ3) is 3.16. The molecule has 0 bridgehead atoms. The summed E-state index contributed by atoms with van der Waals surface area (Å²) in [5.41, 5.74) is 1.22. The van der Waals surface area contributed by atoms with Crippen LogP contribution >= 0.6 is 0 Å². The lowest BCUT2D eigenvalue weighted by atomic mass is 9.66. The Balaban J connectivity index is 2.75. The first-order chi connectivity index (χ1) is 6.83. The van der Waals surface area contributed by atoms with Gasteiger partial charge in [0, 0.05) is 6.42 Å². The average molecular weight is 210 g/mol. The predicted molar refractivity (Wildman–Crippen MR) is 61.6 cm³/mol. The van der Waals surface area contributed by atoms with Crippen molar-refractivity contribution in [1.29, 1.82) is 0 Å². The molecule has 0 aromatic heterocycles. The molecular weight excluding hydrogens is 188 g/mol. The molecule has 86 valence electrons. The molecule has 2 nitrogen and oxygen atoms in total. The molecule has 0 aromatic rings. The Morgan fingerprint density at radius 2 is 2.20 bits per heavy atom. The van der Waals surface area contributed by atoms with Gasteiger partial charge in [0.05, 0.1) is 6.10 Å². The van der Waals surface area contributed by atoms with E-state index < -0.39 is 0 Å². The van der Waals surface area contributed by atoms with E-state index in [1.54, 1.807) is 6.08 Å². The molecule has 0 aromatic carbocycles. The van der Waals surface area contributed by atoms with Gasteiger partial charge in [-0.05, 0) is 44.1 Å². The molecule has 1 aliphatic carbocycles. The number of allylic oxidation sites excluding steroid dienone is 2. The average Bonchev–Trinajstić information content (AvgIpc) is 1.98. The standard InChI is InChI=1S/C13H22O2/c1-9-7-11(15)8-13(3,4)12(9)6-5-10(2)14/h7,10,12,14H,5-6,8H2,1-4H3/t10?,12-/m0/s1. The largest absolute Gasteiger partial charge is 0.393 e. The summed E-state index contributed by atoms with van der Waals surface area (Å²) in [6.07, 6.45) is 3.95. The minimum Gasteiger partial charge on any atom is -0.393 e. The van der Waals surface area contributed by atoms with Gasteiger partial charge >= 0.3 is 0 Å². The Bertz CT molecular complexity index is 274. The lowest BCUT2D eigenvalue weighted by molar-refractivity contribution is -0.117. The van der Waals surface area contributed by atoms with Crippen LogP contribution in [0.15, 0.2) is 11.6 Å². The van der Waals surface area contributed by atoms with Crippen molar-refractivity contribution >= 4 is 5.78 Å². The van der Waals surface area contributed by atoms with Crippen LogP contribution in [0.3, 0.4) is 0 Å². The molecule has 0 spiro atoms. The fourth-order valence-corrected chi connectivity index (χ4v) is 2.62. The van der Waals surface area contributed by atoms with Gasteiger partial charge in [-0.1, -0.05) is 19.4 Å². The van der Waals surface area contributed by atoms with Crippen LogP contribution in [0.5, 0.6) is 0 Å². The third-order valence-corrected chi connectivity index (χ3v) is 3.38. The van der Waals surface area contributed by atoms with Gasteiger partial charge in [0.2, 0.25) is 0 Å². The molecule has 0 amide bonds. The SMILES string of the molecule is CC1=CC(=O)CC(C)(C)[C@H]1CCC(C)O. The second-order valence-electron chi connectivity index (χ2n) is 5.50. The topological polar surface area (TPSA) is 37.3 Å². The van der Waals surface area contributed by atoms with Crippen LogP contribution in [0, 0.1) is 11.3 Å². The fraction of sp³-hybridized carbons (Fsp3) is 0.769. The van der Waals surface area contributed by atoms with Crippen molar-refractivity contribution in [2.45, 2.75) is 53.1 Å². The van der Waals surface area contributed by atoms with Crippen molar-refractivity contribution in [2.75, 3.05) is 0 Å². The molecule has 0 saturated heterocycles. The molecule has 1 aliphatic rings. The molecule has 1 rings (SSSR count). The molecular formula is C13H22O2. The normalized spacial score (nSPS) is 27.4. The summed E-state index contributed by atoms with van der Waals surface area (Å²) in [4.78, 5) is 11.4. The monoisotopic (exact) mass is 210 g/mol. The van der Waals surface area contributed by atoms with Crippen LogP contribution in [-0.2, 0) is 4.79 Å². The number of aliphatic hydroxyl groups excluding tert-OH is 1. The number of ketones is 1. The number of carbonyl (C=O) groups excluding carboxylic acids is 1. The van der Waals surface area contributed by atoms with Crippen LogP contribution < -0.4 is 0 Å². The zero-order chi connectivity index (χ0) is 11.6. The number of aliphatic hydroxyl groups is 1. The van der Waals surface area contributed by atoms with E-state index >= 15 is 0 Å². The van der Waals surface area contributed by atoms with Crippen LogP contribution in [0.25, 0.3) is 0 Å². The van der Waals surface area contributed by atoms with E-state index in [1.165, 1.54) is 5.57 Å². The summed E-state index contributed by atoms with van der Waals surface area (Å²) >= 11 is 0. The molecule has 0 fully saturated rings. The Morgan fingerprint density at radius 1 is 1.60 bits per heavy atom. The van der Waals surface area contributed by atoms with E-state index in [2.05, 4.69) is 13.8 Å². The highest BCUT2D eigenvalue weighted by Gasteiger charge is 2.35. The lowest BCUT2D eigenvalue weighted by Gasteiger charge is -2.38. The Morgan fingerprint density at radius 3 is 2.67 bits per heavy atom. The Hall–Kier alpha value is -0.630. The minimum absolute atomic E-state index is 0.0464. The first-order valence-electron chi connectivity index (χ1n) is 5.72. The predicted octanol–water partition coefficient (Wildman–Crippen LogP) is 2.71. The summed E-state index contributed by atoms with van der Waals surface area (Å²) in [5.74, 6) is 0.676. The van der Waals surface area contributed by atoms with E-state index in [4.69, 9.17) is 0 Å². The zero-order valence-corrected chi connectivity index (χ0v) is 10.2. The van der Waals surface area contributed by atoms with Crippen molar-refractivity contribution < 1.29 is 9.90 Å². The molecule has 1 unspecified atom stereocenters. The molecule has 0 aliphatic heterocycles. The zero-order valence-electron chi connectivity index (χ0n) is 10.2. The Kier molecular flexibility index (Phi) is 3.72. The van der Waals surface area contributed by atoms with Crippen molar-refractivity contribution in [1.82, 2.24) is 0 Å². The van der Waals surface area contributed by atoms with Gasteiger partial charge in [0.15, 0.2) is 5.78 Å². The summed E-state index contributed by atoms with van der Waals surface area (Å²) < 4.78 is 0. The van der Waals surface area contributed by atoms with Crippen molar-refractivity contribution in [3.63, 3.8) is 0 Å². The number of rotatable bonds is 3. The number of carbonyl (C=O) groups is 1. The second-order valence-corrected chi connectivity index (χ2v) is 5.50. The third-order valence-electron chi connectivity index (χ3n) is 3.38. The van der Waals surface area contributed by atoms with E-state index in [0.717, 1.165) is 12.8 Å². The van der Waals surface area contributed by atoms with Gasteiger partial charge in [0.1, 0.15) is 0 Å².